The molecule has 0 radical (unpaired) electrons. The standard InChI is InChI=1S/C18H24F3N3O2/c1-3-16(25)24-10-4-9-23(11-12-24)13(2)17(26)22-15-7-5-14(6-8-15)18(19,20)21/h5-8,13H,3-4,9-12H2,1-2H3,(H,22,26). The summed E-state index contributed by atoms with van der Waals surface area (Å²) in [6, 6.07) is 3.95. The lowest BCUT2D eigenvalue weighted by Crippen LogP contribution is -2.44. The van der Waals surface area contributed by atoms with Gasteiger partial charge in [0.1, 0.15) is 0 Å². The predicted molar refractivity (Wildman–Crippen MR) is 92.6 cm³/mol. The van der Waals surface area contributed by atoms with Crippen LogP contribution in [0, 0.1) is 0 Å². The van der Waals surface area contributed by atoms with Crippen LogP contribution in [-0.2, 0) is 15.8 Å². The van der Waals surface area contributed by atoms with Crippen molar-refractivity contribution >= 4 is 17.5 Å². The van der Waals surface area contributed by atoms with Gasteiger partial charge in [-0.15, -0.1) is 0 Å². The normalized spacial score (nSPS) is 17.5. The Kier molecular flexibility index (Phi) is 6.63. The molecule has 1 aromatic rings. The van der Waals surface area contributed by atoms with Gasteiger partial charge in [-0.25, -0.2) is 0 Å². The van der Waals surface area contributed by atoms with E-state index in [9.17, 15) is 22.8 Å². The summed E-state index contributed by atoms with van der Waals surface area (Å²) in [5, 5.41) is 2.65. The van der Waals surface area contributed by atoms with Crippen molar-refractivity contribution in [3.05, 3.63) is 29.8 Å². The molecule has 1 unspecified atom stereocenters. The van der Waals surface area contributed by atoms with E-state index in [0.29, 0.717) is 38.3 Å². The molecular weight excluding hydrogens is 347 g/mol. The van der Waals surface area contributed by atoms with E-state index in [4.69, 9.17) is 0 Å². The maximum atomic E-state index is 12.6. The second kappa shape index (κ2) is 8.53. The predicted octanol–water partition coefficient (Wildman–Crippen LogP) is 2.98. The molecule has 5 nitrogen and oxygen atoms in total. The summed E-state index contributed by atoms with van der Waals surface area (Å²) in [6.45, 7) is 6.12. The Morgan fingerprint density at radius 3 is 2.35 bits per heavy atom. The van der Waals surface area contributed by atoms with Gasteiger partial charge in [0.15, 0.2) is 0 Å². The molecule has 1 atom stereocenters. The van der Waals surface area contributed by atoms with Crippen LogP contribution in [0.2, 0.25) is 0 Å². The monoisotopic (exact) mass is 371 g/mol. The van der Waals surface area contributed by atoms with Crippen LogP contribution < -0.4 is 5.32 Å². The van der Waals surface area contributed by atoms with E-state index in [1.165, 1.54) is 12.1 Å². The molecule has 1 saturated heterocycles. The summed E-state index contributed by atoms with van der Waals surface area (Å²) in [5.74, 6) is -0.172. The number of benzene rings is 1. The molecule has 2 rings (SSSR count). The average molecular weight is 371 g/mol. The Hall–Kier alpha value is -2.09. The number of hydrogen-bond donors (Lipinski definition) is 1. The van der Waals surface area contributed by atoms with Crippen molar-refractivity contribution in [3.8, 4) is 0 Å². The van der Waals surface area contributed by atoms with Gasteiger partial charge in [-0.2, -0.15) is 13.2 Å². The minimum absolute atomic E-state index is 0.105. The molecular formula is C18H24F3N3O2. The molecule has 0 aromatic heterocycles. The number of carbonyl (C=O) groups excluding carboxylic acids is 2. The lowest BCUT2D eigenvalue weighted by Gasteiger charge is -2.27. The first-order valence-corrected chi connectivity index (χ1v) is 8.72. The van der Waals surface area contributed by atoms with Gasteiger partial charge in [-0.3, -0.25) is 14.5 Å². The zero-order valence-corrected chi connectivity index (χ0v) is 15.0. The van der Waals surface area contributed by atoms with Gasteiger partial charge in [0.2, 0.25) is 11.8 Å². The molecule has 1 N–H and O–H groups in total. The lowest BCUT2D eigenvalue weighted by molar-refractivity contribution is -0.137. The van der Waals surface area contributed by atoms with E-state index in [0.717, 1.165) is 18.6 Å². The molecule has 8 heteroatoms. The van der Waals surface area contributed by atoms with E-state index in [1.54, 1.807) is 11.8 Å². The minimum Gasteiger partial charge on any atom is -0.341 e. The summed E-state index contributed by atoms with van der Waals surface area (Å²) >= 11 is 0. The molecule has 0 spiro atoms. The van der Waals surface area contributed by atoms with Crippen molar-refractivity contribution in [2.45, 2.75) is 38.9 Å². The highest BCUT2D eigenvalue weighted by Gasteiger charge is 2.30. The van der Waals surface area contributed by atoms with E-state index < -0.39 is 17.8 Å². The number of nitrogens with zero attached hydrogens (tertiary/aromatic N) is 2. The molecule has 1 aliphatic rings. The highest BCUT2D eigenvalue weighted by atomic mass is 19.4. The van der Waals surface area contributed by atoms with Crippen LogP contribution in [0.5, 0.6) is 0 Å². The third-order valence-electron chi connectivity index (χ3n) is 4.59. The van der Waals surface area contributed by atoms with Crippen molar-refractivity contribution in [1.29, 1.82) is 0 Å². The number of amides is 2. The van der Waals surface area contributed by atoms with Gasteiger partial charge in [-0.1, -0.05) is 6.92 Å². The maximum absolute atomic E-state index is 12.6. The molecule has 26 heavy (non-hydrogen) atoms. The number of hydrogen-bond acceptors (Lipinski definition) is 3. The van der Waals surface area contributed by atoms with Crippen LogP contribution in [0.1, 0.15) is 32.3 Å². The number of rotatable bonds is 4. The van der Waals surface area contributed by atoms with Gasteiger partial charge in [0.05, 0.1) is 11.6 Å². The molecule has 1 aromatic carbocycles. The quantitative estimate of drug-likeness (QED) is 0.885. The highest BCUT2D eigenvalue weighted by Crippen LogP contribution is 2.29. The molecule has 2 amide bonds. The summed E-state index contributed by atoms with van der Waals surface area (Å²) < 4.78 is 37.8. The Bertz CT molecular complexity index is 632. The summed E-state index contributed by atoms with van der Waals surface area (Å²) in [6.07, 6.45) is -3.16. The van der Waals surface area contributed by atoms with Crippen LogP contribution >= 0.6 is 0 Å². The van der Waals surface area contributed by atoms with Crippen molar-refractivity contribution < 1.29 is 22.8 Å². The van der Waals surface area contributed by atoms with Gasteiger partial charge in [0.25, 0.3) is 0 Å². The highest BCUT2D eigenvalue weighted by molar-refractivity contribution is 5.94. The Balaban J connectivity index is 1.93. The molecule has 0 saturated carbocycles. The molecule has 1 fully saturated rings. The number of nitrogens with one attached hydrogen (secondary N) is 1. The van der Waals surface area contributed by atoms with E-state index in [2.05, 4.69) is 5.32 Å². The van der Waals surface area contributed by atoms with Crippen molar-refractivity contribution in [2.75, 3.05) is 31.5 Å². The summed E-state index contributed by atoms with van der Waals surface area (Å²) in [7, 11) is 0. The van der Waals surface area contributed by atoms with Gasteiger partial charge < -0.3 is 10.2 Å². The summed E-state index contributed by atoms with van der Waals surface area (Å²) in [4.78, 5) is 28.0. The smallest absolute Gasteiger partial charge is 0.341 e. The fourth-order valence-corrected chi connectivity index (χ4v) is 2.95. The largest absolute Gasteiger partial charge is 0.416 e. The number of anilines is 1. The Morgan fingerprint density at radius 1 is 1.12 bits per heavy atom. The van der Waals surface area contributed by atoms with Crippen molar-refractivity contribution in [2.24, 2.45) is 0 Å². The maximum Gasteiger partial charge on any atom is 0.416 e. The fourth-order valence-electron chi connectivity index (χ4n) is 2.95. The molecule has 144 valence electrons. The first-order chi connectivity index (χ1) is 12.2. The molecule has 1 aliphatic heterocycles. The molecule has 0 aliphatic carbocycles. The van der Waals surface area contributed by atoms with Gasteiger partial charge in [0, 0.05) is 38.3 Å². The second-order valence-corrected chi connectivity index (χ2v) is 6.36. The number of halogens is 3. The third kappa shape index (κ3) is 5.20. The van der Waals surface area contributed by atoms with Crippen molar-refractivity contribution in [1.82, 2.24) is 9.80 Å². The van der Waals surface area contributed by atoms with Crippen LogP contribution in [0.25, 0.3) is 0 Å². The average Bonchev–Trinajstić information content (AvgIpc) is 2.86. The van der Waals surface area contributed by atoms with Crippen LogP contribution in [0.4, 0.5) is 18.9 Å². The topological polar surface area (TPSA) is 52.7 Å². The minimum atomic E-state index is -4.40. The van der Waals surface area contributed by atoms with Gasteiger partial charge >= 0.3 is 6.18 Å². The molecule has 1 heterocycles. The van der Waals surface area contributed by atoms with Gasteiger partial charge in [-0.05, 0) is 37.6 Å². The zero-order valence-electron chi connectivity index (χ0n) is 15.0. The summed E-state index contributed by atoms with van der Waals surface area (Å²) in [5.41, 5.74) is -0.427. The fraction of sp³-hybridized carbons (Fsp3) is 0.556. The number of alkyl halides is 3. The first-order valence-electron chi connectivity index (χ1n) is 8.72. The van der Waals surface area contributed by atoms with Crippen LogP contribution in [0.15, 0.2) is 24.3 Å². The first kappa shape index (κ1) is 20.2. The number of carbonyl (C=O) groups is 2. The molecule has 0 bridgehead atoms. The Morgan fingerprint density at radius 2 is 1.77 bits per heavy atom. The van der Waals surface area contributed by atoms with E-state index in [1.807, 2.05) is 11.8 Å². The SMILES string of the molecule is CCC(=O)N1CCCN(C(C)C(=O)Nc2ccc(C(F)(F)F)cc2)CC1. The van der Waals surface area contributed by atoms with Crippen molar-refractivity contribution in [3.63, 3.8) is 0 Å². The van der Waals surface area contributed by atoms with E-state index in [-0.39, 0.29) is 11.8 Å². The Labute approximate surface area is 151 Å². The van der Waals surface area contributed by atoms with E-state index >= 15 is 0 Å². The lowest BCUT2D eigenvalue weighted by atomic mass is 10.2. The second-order valence-electron chi connectivity index (χ2n) is 6.36. The zero-order chi connectivity index (χ0) is 19.3. The van der Waals surface area contributed by atoms with Crippen LogP contribution in [0.3, 0.4) is 0 Å². The van der Waals surface area contributed by atoms with Crippen LogP contribution in [-0.4, -0.2) is 53.8 Å². The third-order valence-corrected chi connectivity index (χ3v) is 4.59.